The average Bonchev–Trinajstić information content (AvgIpc) is 2.44. The number of carbonyl (C=O) groups excluding carboxylic acids is 1. The average molecular weight is 178 g/mol. The van der Waals surface area contributed by atoms with E-state index in [1.54, 1.807) is 0 Å². The standard InChI is InChI=1S/C10H14N2O/c1-7-4-3-5-10-9(6-13)11-8(2)12(7)10/h6-7H,3-5H2,1-2H3. The van der Waals surface area contributed by atoms with Crippen molar-refractivity contribution in [2.24, 2.45) is 0 Å². The number of aromatic nitrogens is 2. The van der Waals surface area contributed by atoms with Crippen molar-refractivity contribution in [3.63, 3.8) is 0 Å². The summed E-state index contributed by atoms with van der Waals surface area (Å²) in [5.41, 5.74) is 1.77. The van der Waals surface area contributed by atoms with Crippen LogP contribution < -0.4 is 0 Å². The fraction of sp³-hybridized carbons (Fsp3) is 0.600. The molecule has 1 aromatic heterocycles. The minimum Gasteiger partial charge on any atom is -0.329 e. The Labute approximate surface area is 77.8 Å². The molecule has 0 saturated heterocycles. The first-order chi connectivity index (χ1) is 6.24. The second kappa shape index (κ2) is 2.98. The molecule has 0 aliphatic carbocycles. The fourth-order valence-corrected chi connectivity index (χ4v) is 2.23. The molecule has 13 heavy (non-hydrogen) atoms. The van der Waals surface area contributed by atoms with E-state index in [9.17, 15) is 4.79 Å². The molecule has 1 aromatic rings. The molecule has 0 saturated carbocycles. The van der Waals surface area contributed by atoms with E-state index >= 15 is 0 Å². The third-order valence-electron chi connectivity index (χ3n) is 2.81. The van der Waals surface area contributed by atoms with Gasteiger partial charge in [-0.2, -0.15) is 0 Å². The SMILES string of the molecule is Cc1nc(C=O)c2n1C(C)CCC2. The van der Waals surface area contributed by atoms with E-state index in [0.717, 1.165) is 24.2 Å². The Morgan fingerprint density at radius 1 is 1.62 bits per heavy atom. The Kier molecular flexibility index (Phi) is 1.94. The predicted molar refractivity (Wildman–Crippen MR) is 50.0 cm³/mol. The summed E-state index contributed by atoms with van der Waals surface area (Å²) in [5.74, 6) is 0.976. The molecule has 1 aliphatic rings. The van der Waals surface area contributed by atoms with Crippen LogP contribution in [0, 0.1) is 6.92 Å². The van der Waals surface area contributed by atoms with Crippen LogP contribution in [-0.2, 0) is 6.42 Å². The molecule has 0 spiro atoms. The topological polar surface area (TPSA) is 34.9 Å². The zero-order valence-corrected chi connectivity index (χ0v) is 8.08. The molecule has 2 rings (SSSR count). The number of imidazole rings is 1. The molecule has 3 nitrogen and oxygen atoms in total. The van der Waals surface area contributed by atoms with Gasteiger partial charge in [0.25, 0.3) is 0 Å². The van der Waals surface area contributed by atoms with Crippen LogP contribution >= 0.6 is 0 Å². The van der Waals surface area contributed by atoms with Crippen LogP contribution in [0.1, 0.15) is 47.8 Å². The zero-order chi connectivity index (χ0) is 9.42. The summed E-state index contributed by atoms with van der Waals surface area (Å²) in [7, 11) is 0. The molecule has 0 radical (unpaired) electrons. The Morgan fingerprint density at radius 2 is 2.38 bits per heavy atom. The zero-order valence-electron chi connectivity index (χ0n) is 8.08. The van der Waals surface area contributed by atoms with E-state index in [1.165, 1.54) is 12.8 Å². The number of hydrogen-bond donors (Lipinski definition) is 0. The largest absolute Gasteiger partial charge is 0.329 e. The summed E-state index contributed by atoms with van der Waals surface area (Å²) >= 11 is 0. The van der Waals surface area contributed by atoms with E-state index in [2.05, 4.69) is 16.5 Å². The highest BCUT2D eigenvalue weighted by Crippen LogP contribution is 2.27. The molecule has 2 heterocycles. The second-order valence-electron chi connectivity index (χ2n) is 3.72. The fourth-order valence-electron chi connectivity index (χ4n) is 2.23. The molecule has 0 aromatic carbocycles. The van der Waals surface area contributed by atoms with Gasteiger partial charge in [-0.3, -0.25) is 4.79 Å². The molecular weight excluding hydrogens is 164 g/mol. The quantitative estimate of drug-likeness (QED) is 0.615. The number of carbonyl (C=O) groups is 1. The maximum absolute atomic E-state index is 10.7. The van der Waals surface area contributed by atoms with Crippen LogP contribution in [0.5, 0.6) is 0 Å². The lowest BCUT2D eigenvalue weighted by Crippen LogP contribution is -2.16. The van der Waals surface area contributed by atoms with Gasteiger partial charge in [0.1, 0.15) is 11.5 Å². The third-order valence-corrected chi connectivity index (χ3v) is 2.81. The Hall–Kier alpha value is -1.12. The lowest BCUT2D eigenvalue weighted by Gasteiger charge is -2.23. The van der Waals surface area contributed by atoms with Crippen LogP contribution in [0.4, 0.5) is 0 Å². The van der Waals surface area contributed by atoms with Crippen molar-refractivity contribution in [3.05, 3.63) is 17.2 Å². The van der Waals surface area contributed by atoms with Gasteiger partial charge >= 0.3 is 0 Å². The molecule has 0 amide bonds. The monoisotopic (exact) mass is 178 g/mol. The van der Waals surface area contributed by atoms with Gasteiger partial charge in [0.2, 0.25) is 0 Å². The molecule has 0 fully saturated rings. The number of aryl methyl sites for hydroxylation is 1. The molecule has 0 bridgehead atoms. The van der Waals surface area contributed by atoms with Crippen molar-refractivity contribution in [3.8, 4) is 0 Å². The Bertz CT molecular complexity index is 341. The lowest BCUT2D eigenvalue weighted by molar-refractivity contribution is 0.111. The van der Waals surface area contributed by atoms with Crippen molar-refractivity contribution in [1.29, 1.82) is 0 Å². The highest BCUT2D eigenvalue weighted by molar-refractivity contribution is 5.74. The Balaban J connectivity index is 2.57. The van der Waals surface area contributed by atoms with Crippen LogP contribution in [-0.4, -0.2) is 15.8 Å². The number of nitrogens with zero attached hydrogens (tertiary/aromatic N) is 2. The van der Waals surface area contributed by atoms with E-state index < -0.39 is 0 Å². The van der Waals surface area contributed by atoms with Crippen LogP contribution in [0.25, 0.3) is 0 Å². The van der Waals surface area contributed by atoms with Crippen LogP contribution in [0.15, 0.2) is 0 Å². The predicted octanol–water partition coefficient (Wildman–Crippen LogP) is 1.90. The summed E-state index contributed by atoms with van der Waals surface area (Å²) in [6, 6.07) is 0.505. The molecule has 70 valence electrons. The van der Waals surface area contributed by atoms with Gasteiger partial charge in [0.05, 0.1) is 0 Å². The van der Waals surface area contributed by atoms with Gasteiger partial charge in [0.15, 0.2) is 6.29 Å². The number of aldehydes is 1. The number of rotatable bonds is 1. The molecule has 1 unspecified atom stereocenters. The molecular formula is C10H14N2O. The maximum atomic E-state index is 10.7. The first kappa shape index (κ1) is 8.48. The Morgan fingerprint density at radius 3 is 3.08 bits per heavy atom. The smallest absolute Gasteiger partial charge is 0.170 e. The number of fused-ring (bicyclic) bond motifs is 1. The van der Waals surface area contributed by atoms with E-state index in [1.807, 2.05) is 6.92 Å². The van der Waals surface area contributed by atoms with Gasteiger partial charge in [0, 0.05) is 11.7 Å². The van der Waals surface area contributed by atoms with E-state index in [-0.39, 0.29) is 0 Å². The van der Waals surface area contributed by atoms with Crippen molar-refractivity contribution < 1.29 is 4.79 Å². The van der Waals surface area contributed by atoms with Gasteiger partial charge in [-0.05, 0) is 33.1 Å². The normalized spacial score (nSPS) is 21.2. The summed E-state index contributed by atoms with van der Waals surface area (Å²) in [6.07, 6.45) is 4.24. The van der Waals surface area contributed by atoms with E-state index in [0.29, 0.717) is 11.7 Å². The highest BCUT2D eigenvalue weighted by atomic mass is 16.1. The van der Waals surface area contributed by atoms with Gasteiger partial charge in [-0.1, -0.05) is 0 Å². The summed E-state index contributed by atoms with van der Waals surface area (Å²) in [5, 5.41) is 0. The van der Waals surface area contributed by atoms with E-state index in [4.69, 9.17) is 0 Å². The van der Waals surface area contributed by atoms with Crippen molar-refractivity contribution in [2.45, 2.75) is 39.2 Å². The summed E-state index contributed by atoms with van der Waals surface area (Å²) in [6.45, 7) is 4.16. The molecule has 3 heteroatoms. The minimum atomic E-state index is 0.505. The summed E-state index contributed by atoms with van der Waals surface area (Å²) < 4.78 is 2.20. The number of hydrogen-bond acceptors (Lipinski definition) is 2. The first-order valence-electron chi connectivity index (χ1n) is 4.77. The molecule has 1 aliphatic heterocycles. The third kappa shape index (κ3) is 1.19. The maximum Gasteiger partial charge on any atom is 0.170 e. The van der Waals surface area contributed by atoms with Gasteiger partial charge in [-0.15, -0.1) is 0 Å². The molecule has 0 N–H and O–H groups in total. The van der Waals surface area contributed by atoms with Gasteiger partial charge < -0.3 is 4.57 Å². The second-order valence-corrected chi connectivity index (χ2v) is 3.72. The molecule has 1 atom stereocenters. The van der Waals surface area contributed by atoms with Crippen molar-refractivity contribution in [1.82, 2.24) is 9.55 Å². The minimum absolute atomic E-state index is 0.505. The summed E-state index contributed by atoms with van der Waals surface area (Å²) in [4.78, 5) is 15.0. The van der Waals surface area contributed by atoms with Crippen LogP contribution in [0.3, 0.4) is 0 Å². The first-order valence-corrected chi connectivity index (χ1v) is 4.77. The van der Waals surface area contributed by atoms with Crippen molar-refractivity contribution >= 4 is 6.29 Å². The van der Waals surface area contributed by atoms with Crippen LogP contribution in [0.2, 0.25) is 0 Å². The van der Waals surface area contributed by atoms with Crippen molar-refractivity contribution in [2.75, 3.05) is 0 Å². The highest BCUT2D eigenvalue weighted by Gasteiger charge is 2.21. The van der Waals surface area contributed by atoms with Gasteiger partial charge in [-0.25, -0.2) is 4.98 Å². The lowest BCUT2D eigenvalue weighted by atomic mass is 10.0.